The minimum Gasteiger partial charge on any atom is -0.468 e. The molecule has 1 aromatic rings. The molecule has 2 aliphatic rings. The topological polar surface area (TPSA) is 28.4 Å². The van der Waals surface area contributed by atoms with Gasteiger partial charge in [0.05, 0.1) is 12.8 Å². The Morgan fingerprint density at radius 3 is 2.75 bits per heavy atom. The molecule has 0 atom stereocenters. The van der Waals surface area contributed by atoms with Crippen molar-refractivity contribution in [3.63, 3.8) is 0 Å². The molecule has 0 bridgehead atoms. The van der Waals surface area contributed by atoms with E-state index in [2.05, 4.69) is 23.3 Å². The zero-order valence-electron chi connectivity index (χ0n) is 12.7. The summed E-state index contributed by atoms with van der Waals surface area (Å²) in [6.45, 7) is 3.33. The summed E-state index contributed by atoms with van der Waals surface area (Å²) in [4.78, 5) is 2.44. The monoisotopic (exact) mass is 276 g/mol. The Hall–Kier alpha value is -0.800. The summed E-state index contributed by atoms with van der Waals surface area (Å²) in [6, 6.07) is 4.88. The van der Waals surface area contributed by atoms with Crippen LogP contribution in [0.2, 0.25) is 0 Å². The lowest BCUT2D eigenvalue weighted by Gasteiger charge is -2.40. The second kappa shape index (κ2) is 6.31. The van der Waals surface area contributed by atoms with Crippen LogP contribution in [0.5, 0.6) is 0 Å². The van der Waals surface area contributed by atoms with E-state index in [1.165, 1.54) is 58.0 Å². The fourth-order valence-electron chi connectivity index (χ4n) is 3.64. The van der Waals surface area contributed by atoms with Gasteiger partial charge in [-0.3, -0.25) is 4.90 Å². The lowest BCUT2D eigenvalue weighted by Crippen LogP contribution is -2.44. The summed E-state index contributed by atoms with van der Waals surface area (Å²) in [5.41, 5.74) is 0.488. The van der Waals surface area contributed by atoms with E-state index in [-0.39, 0.29) is 0 Å². The van der Waals surface area contributed by atoms with Crippen LogP contribution in [0.4, 0.5) is 0 Å². The van der Waals surface area contributed by atoms with Gasteiger partial charge in [-0.05, 0) is 50.3 Å². The number of rotatable bonds is 7. The number of nitrogens with one attached hydrogen (secondary N) is 1. The number of furan rings is 1. The quantitative estimate of drug-likeness (QED) is 0.827. The molecular weight excluding hydrogens is 248 g/mol. The van der Waals surface area contributed by atoms with Crippen LogP contribution in [0.1, 0.15) is 50.7 Å². The molecule has 0 aromatic carbocycles. The van der Waals surface area contributed by atoms with Gasteiger partial charge in [0.15, 0.2) is 0 Å². The van der Waals surface area contributed by atoms with Gasteiger partial charge in [-0.25, -0.2) is 0 Å². The van der Waals surface area contributed by atoms with Crippen LogP contribution in [0.3, 0.4) is 0 Å². The molecule has 0 unspecified atom stereocenters. The molecule has 20 heavy (non-hydrogen) atoms. The minimum absolute atomic E-state index is 0.488. The molecular formula is C17H28N2O. The summed E-state index contributed by atoms with van der Waals surface area (Å²) in [5.74, 6) is 1.08. The molecule has 2 fully saturated rings. The maximum Gasteiger partial charge on any atom is 0.117 e. The molecule has 2 saturated carbocycles. The standard InChI is InChI=1S/C17H28N2O/c1-19(12-16-6-5-11-20-16)14-17(9-3-2-4-10-17)13-18-15-7-8-15/h5-6,11,15,18H,2-4,7-10,12-14H2,1H3. The van der Waals surface area contributed by atoms with E-state index in [1.54, 1.807) is 6.26 Å². The molecule has 0 radical (unpaired) electrons. The van der Waals surface area contributed by atoms with Crippen molar-refractivity contribution in [1.82, 2.24) is 10.2 Å². The van der Waals surface area contributed by atoms with Crippen molar-refractivity contribution >= 4 is 0 Å². The van der Waals surface area contributed by atoms with Crippen molar-refractivity contribution in [1.29, 1.82) is 0 Å². The molecule has 0 aliphatic heterocycles. The van der Waals surface area contributed by atoms with E-state index >= 15 is 0 Å². The Labute approximate surface area is 122 Å². The fourth-order valence-corrected chi connectivity index (χ4v) is 3.64. The average Bonchev–Trinajstić information content (AvgIpc) is 3.15. The molecule has 112 valence electrons. The Morgan fingerprint density at radius 2 is 2.10 bits per heavy atom. The van der Waals surface area contributed by atoms with Gasteiger partial charge in [0.1, 0.15) is 5.76 Å². The largest absolute Gasteiger partial charge is 0.468 e. The average molecular weight is 276 g/mol. The lowest BCUT2D eigenvalue weighted by atomic mass is 9.73. The van der Waals surface area contributed by atoms with Crippen LogP contribution < -0.4 is 5.32 Å². The van der Waals surface area contributed by atoms with Crippen LogP contribution in [0.25, 0.3) is 0 Å². The number of nitrogens with zero attached hydrogens (tertiary/aromatic N) is 1. The van der Waals surface area contributed by atoms with Gasteiger partial charge < -0.3 is 9.73 Å². The van der Waals surface area contributed by atoms with E-state index in [1.807, 2.05) is 6.07 Å². The smallest absolute Gasteiger partial charge is 0.117 e. The molecule has 0 spiro atoms. The van der Waals surface area contributed by atoms with Crippen LogP contribution in [0, 0.1) is 5.41 Å². The first kappa shape index (κ1) is 14.2. The highest BCUT2D eigenvalue weighted by molar-refractivity contribution is 4.98. The van der Waals surface area contributed by atoms with Gasteiger partial charge in [-0.1, -0.05) is 19.3 Å². The van der Waals surface area contributed by atoms with E-state index in [9.17, 15) is 0 Å². The van der Waals surface area contributed by atoms with E-state index in [0.717, 1.165) is 18.3 Å². The molecule has 2 aliphatic carbocycles. The van der Waals surface area contributed by atoms with Gasteiger partial charge in [0, 0.05) is 19.1 Å². The summed E-state index contributed by atoms with van der Waals surface area (Å²) in [6.07, 6.45) is 11.5. The first-order chi connectivity index (χ1) is 9.76. The van der Waals surface area contributed by atoms with Gasteiger partial charge in [0.25, 0.3) is 0 Å². The second-order valence-electron chi connectivity index (χ2n) is 6.97. The summed E-state index contributed by atoms with van der Waals surface area (Å²) in [7, 11) is 2.23. The van der Waals surface area contributed by atoms with Crippen LogP contribution in [-0.2, 0) is 6.54 Å². The molecule has 0 saturated heterocycles. The third-order valence-corrected chi connectivity index (χ3v) is 4.87. The van der Waals surface area contributed by atoms with Crippen molar-refractivity contribution < 1.29 is 4.42 Å². The zero-order valence-corrected chi connectivity index (χ0v) is 12.7. The zero-order chi connectivity index (χ0) is 13.8. The maximum absolute atomic E-state index is 5.48. The summed E-state index contributed by atoms with van der Waals surface area (Å²) < 4.78 is 5.48. The van der Waals surface area contributed by atoms with Crippen LogP contribution >= 0.6 is 0 Å². The van der Waals surface area contributed by atoms with Crippen molar-refractivity contribution in [3.8, 4) is 0 Å². The number of hydrogen-bond acceptors (Lipinski definition) is 3. The lowest BCUT2D eigenvalue weighted by molar-refractivity contribution is 0.109. The van der Waals surface area contributed by atoms with Gasteiger partial charge in [-0.2, -0.15) is 0 Å². The predicted octanol–water partition coefficient (Wildman–Crippen LogP) is 3.41. The number of hydrogen-bond donors (Lipinski definition) is 1. The van der Waals surface area contributed by atoms with E-state index < -0.39 is 0 Å². The first-order valence-electron chi connectivity index (χ1n) is 8.20. The molecule has 0 amide bonds. The highest BCUT2D eigenvalue weighted by Gasteiger charge is 2.35. The SMILES string of the molecule is CN(Cc1ccco1)CC1(CNC2CC2)CCCCC1. The molecule has 1 N–H and O–H groups in total. The molecule has 1 aromatic heterocycles. The second-order valence-corrected chi connectivity index (χ2v) is 6.97. The molecule has 3 rings (SSSR count). The predicted molar refractivity (Wildman–Crippen MR) is 81.6 cm³/mol. The van der Waals surface area contributed by atoms with Crippen molar-refractivity contribution in [2.45, 2.75) is 57.5 Å². The highest BCUT2D eigenvalue weighted by atomic mass is 16.3. The van der Waals surface area contributed by atoms with E-state index in [0.29, 0.717) is 5.41 Å². The Bertz CT molecular complexity index is 391. The molecule has 1 heterocycles. The first-order valence-corrected chi connectivity index (χ1v) is 8.20. The Balaban J connectivity index is 1.56. The maximum atomic E-state index is 5.48. The van der Waals surface area contributed by atoms with Crippen LogP contribution in [-0.4, -0.2) is 31.1 Å². The van der Waals surface area contributed by atoms with Gasteiger partial charge >= 0.3 is 0 Å². The Morgan fingerprint density at radius 1 is 1.30 bits per heavy atom. The summed E-state index contributed by atoms with van der Waals surface area (Å²) in [5, 5.41) is 3.78. The normalized spacial score (nSPS) is 22.3. The summed E-state index contributed by atoms with van der Waals surface area (Å²) >= 11 is 0. The van der Waals surface area contributed by atoms with Crippen LogP contribution in [0.15, 0.2) is 22.8 Å². The highest BCUT2D eigenvalue weighted by Crippen LogP contribution is 2.37. The van der Waals surface area contributed by atoms with Crippen molar-refractivity contribution in [2.75, 3.05) is 20.1 Å². The molecule has 3 heteroatoms. The van der Waals surface area contributed by atoms with E-state index in [4.69, 9.17) is 4.42 Å². The minimum atomic E-state index is 0.488. The Kier molecular flexibility index (Phi) is 4.47. The van der Waals surface area contributed by atoms with Gasteiger partial charge in [-0.15, -0.1) is 0 Å². The third-order valence-electron chi connectivity index (χ3n) is 4.87. The van der Waals surface area contributed by atoms with Gasteiger partial charge in [0.2, 0.25) is 0 Å². The third kappa shape index (κ3) is 3.86. The fraction of sp³-hybridized carbons (Fsp3) is 0.765. The molecule has 3 nitrogen and oxygen atoms in total. The van der Waals surface area contributed by atoms with Crippen molar-refractivity contribution in [3.05, 3.63) is 24.2 Å². The van der Waals surface area contributed by atoms with Crippen molar-refractivity contribution in [2.24, 2.45) is 5.41 Å².